The lowest BCUT2D eigenvalue weighted by molar-refractivity contribution is 0.0132. The van der Waals surface area contributed by atoms with Crippen LogP contribution in [0.15, 0.2) is 33.8 Å². The molecule has 1 saturated heterocycles. The number of hydrogen-bond acceptors (Lipinski definition) is 6. The summed E-state index contributed by atoms with van der Waals surface area (Å²) in [7, 11) is 1.78. The van der Waals surface area contributed by atoms with Crippen molar-refractivity contribution < 1.29 is 9.26 Å². The predicted molar refractivity (Wildman–Crippen MR) is 139 cm³/mol. The van der Waals surface area contributed by atoms with Gasteiger partial charge in [-0.3, -0.25) is 9.89 Å². The van der Waals surface area contributed by atoms with Crippen molar-refractivity contribution in [1.82, 2.24) is 25.7 Å². The zero-order chi connectivity index (χ0) is 22.1. The maximum absolute atomic E-state index is 5.93. The number of ether oxygens (including phenoxy) is 1. The summed E-state index contributed by atoms with van der Waals surface area (Å²) >= 11 is 5.93. The summed E-state index contributed by atoms with van der Waals surface area (Å²) in [6, 6.07) is 7.84. The zero-order valence-corrected chi connectivity index (χ0v) is 22.1. The molecule has 0 saturated carbocycles. The molecule has 0 bridgehead atoms. The van der Waals surface area contributed by atoms with Crippen LogP contribution in [0.5, 0.6) is 0 Å². The van der Waals surface area contributed by atoms with Crippen LogP contribution in [-0.2, 0) is 11.2 Å². The molecule has 1 fully saturated rings. The van der Waals surface area contributed by atoms with Crippen LogP contribution in [0, 0.1) is 5.92 Å². The molecule has 0 aliphatic carbocycles. The Bertz CT molecular complexity index is 824. The van der Waals surface area contributed by atoms with Crippen molar-refractivity contribution in [3.8, 4) is 11.4 Å². The second-order valence-electron chi connectivity index (χ2n) is 8.08. The number of hydrogen-bond donors (Lipinski definition) is 2. The summed E-state index contributed by atoms with van der Waals surface area (Å²) in [6.45, 7) is 9.61. The maximum atomic E-state index is 5.93. The van der Waals surface area contributed by atoms with E-state index < -0.39 is 0 Å². The summed E-state index contributed by atoms with van der Waals surface area (Å²) < 4.78 is 10.9. The third kappa shape index (κ3) is 8.49. The van der Waals surface area contributed by atoms with E-state index in [2.05, 4.69) is 44.5 Å². The Balaban J connectivity index is 0.00000363. The van der Waals surface area contributed by atoms with Gasteiger partial charge in [0, 0.05) is 56.3 Å². The number of halogens is 2. The van der Waals surface area contributed by atoms with Gasteiger partial charge < -0.3 is 19.9 Å². The fourth-order valence-electron chi connectivity index (χ4n) is 3.64. The molecule has 0 amide bonds. The highest BCUT2D eigenvalue weighted by molar-refractivity contribution is 14.0. The van der Waals surface area contributed by atoms with Crippen molar-refractivity contribution in [2.45, 2.75) is 32.7 Å². The molecule has 178 valence electrons. The highest BCUT2D eigenvalue weighted by atomic mass is 127. The van der Waals surface area contributed by atoms with Gasteiger partial charge in [-0.05, 0) is 36.6 Å². The van der Waals surface area contributed by atoms with Crippen molar-refractivity contribution in [3.05, 3.63) is 35.2 Å². The summed E-state index contributed by atoms with van der Waals surface area (Å²) in [5, 5.41) is 11.5. The predicted octanol–water partition coefficient (Wildman–Crippen LogP) is 3.46. The smallest absolute Gasteiger partial charge is 0.228 e. The molecule has 3 rings (SSSR count). The number of guanidine groups is 1. The van der Waals surface area contributed by atoms with Crippen LogP contribution in [0.2, 0.25) is 5.02 Å². The van der Waals surface area contributed by atoms with E-state index in [4.69, 9.17) is 20.9 Å². The third-order valence-corrected chi connectivity index (χ3v) is 5.49. The SMILES string of the molecule is CN=C(NCCc1nc(-c2ccc(Cl)cc2)no1)NCC(CC(C)C)N1CCOCC1.I. The first-order chi connectivity index (χ1) is 15.0. The fraction of sp³-hybridized carbons (Fsp3) is 0.591. The van der Waals surface area contributed by atoms with E-state index in [1.165, 1.54) is 0 Å². The van der Waals surface area contributed by atoms with E-state index in [1.54, 1.807) is 7.05 Å². The summed E-state index contributed by atoms with van der Waals surface area (Å²) in [5.74, 6) is 2.56. The summed E-state index contributed by atoms with van der Waals surface area (Å²) in [4.78, 5) is 11.3. The Morgan fingerprint density at radius 1 is 1.19 bits per heavy atom. The molecular weight excluding hydrogens is 543 g/mol. The Morgan fingerprint density at radius 2 is 1.91 bits per heavy atom. The maximum Gasteiger partial charge on any atom is 0.228 e. The van der Waals surface area contributed by atoms with E-state index in [1.807, 2.05) is 24.3 Å². The average Bonchev–Trinajstić information content (AvgIpc) is 3.25. The van der Waals surface area contributed by atoms with Crippen molar-refractivity contribution in [3.63, 3.8) is 0 Å². The monoisotopic (exact) mass is 576 g/mol. The van der Waals surface area contributed by atoms with Crippen LogP contribution in [0.3, 0.4) is 0 Å². The number of benzene rings is 1. The molecule has 2 aromatic rings. The molecule has 8 nitrogen and oxygen atoms in total. The lowest BCUT2D eigenvalue weighted by Crippen LogP contribution is -2.51. The van der Waals surface area contributed by atoms with Gasteiger partial charge in [0.2, 0.25) is 11.7 Å². The highest BCUT2D eigenvalue weighted by Crippen LogP contribution is 2.18. The minimum atomic E-state index is 0. The minimum absolute atomic E-state index is 0. The van der Waals surface area contributed by atoms with Crippen molar-refractivity contribution >= 4 is 41.5 Å². The molecule has 2 N–H and O–H groups in total. The summed E-state index contributed by atoms with van der Waals surface area (Å²) in [6.07, 6.45) is 1.75. The minimum Gasteiger partial charge on any atom is -0.379 e. The number of nitrogens with one attached hydrogen (secondary N) is 2. The molecule has 1 atom stereocenters. The van der Waals surface area contributed by atoms with Crippen LogP contribution in [0.1, 0.15) is 26.2 Å². The molecular formula is C22H34ClIN6O2. The van der Waals surface area contributed by atoms with Crippen LogP contribution in [0.4, 0.5) is 0 Å². The Hall–Kier alpha value is -1.43. The van der Waals surface area contributed by atoms with Crippen molar-refractivity contribution in [1.29, 1.82) is 0 Å². The highest BCUT2D eigenvalue weighted by Gasteiger charge is 2.22. The van der Waals surface area contributed by atoms with Crippen LogP contribution in [0.25, 0.3) is 11.4 Å². The van der Waals surface area contributed by atoms with Gasteiger partial charge in [0.15, 0.2) is 5.96 Å². The standard InChI is InChI=1S/C22H33ClN6O2.HI/c1-16(2)14-19(29-10-12-30-13-11-29)15-26-22(24-3)25-9-8-20-27-21(28-31-20)17-4-6-18(23)7-5-17;/h4-7,16,19H,8-15H2,1-3H3,(H2,24,25,26);1H. The normalized spacial score (nSPS) is 16.0. The average molecular weight is 577 g/mol. The van der Waals surface area contributed by atoms with E-state index in [0.29, 0.717) is 41.7 Å². The molecule has 2 heterocycles. The van der Waals surface area contributed by atoms with Gasteiger partial charge in [0.05, 0.1) is 13.2 Å². The summed E-state index contributed by atoms with van der Waals surface area (Å²) in [5.41, 5.74) is 0.879. The number of aromatic nitrogens is 2. The van der Waals surface area contributed by atoms with Gasteiger partial charge in [0.25, 0.3) is 0 Å². The topological polar surface area (TPSA) is 87.8 Å². The number of aliphatic imine (C=N–C) groups is 1. The fourth-order valence-corrected chi connectivity index (χ4v) is 3.77. The van der Waals surface area contributed by atoms with E-state index in [9.17, 15) is 0 Å². The van der Waals surface area contributed by atoms with Gasteiger partial charge in [-0.2, -0.15) is 4.98 Å². The number of morpholine rings is 1. The third-order valence-electron chi connectivity index (χ3n) is 5.24. The van der Waals surface area contributed by atoms with Crippen LogP contribution in [-0.4, -0.2) is 73.5 Å². The Kier molecular flexibility index (Phi) is 11.7. The molecule has 32 heavy (non-hydrogen) atoms. The van der Waals surface area contributed by atoms with Crippen LogP contribution < -0.4 is 10.6 Å². The first kappa shape index (κ1) is 26.8. The van der Waals surface area contributed by atoms with Gasteiger partial charge in [0.1, 0.15) is 0 Å². The van der Waals surface area contributed by atoms with Crippen molar-refractivity contribution in [2.24, 2.45) is 10.9 Å². The molecule has 1 aliphatic rings. The first-order valence-electron chi connectivity index (χ1n) is 10.9. The molecule has 1 aromatic heterocycles. The first-order valence-corrected chi connectivity index (χ1v) is 11.3. The Labute approximate surface area is 212 Å². The molecule has 1 aliphatic heterocycles. The second kappa shape index (κ2) is 14.0. The lowest BCUT2D eigenvalue weighted by atomic mass is 10.0. The van der Waals surface area contributed by atoms with E-state index in [0.717, 1.165) is 50.8 Å². The molecule has 1 unspecified atom stereocenters. The number of nitrogens with zero attached hydrogens (tertiary/aromatic N) is 4. The molecule has 10 heteroatoms. The van der Waals surface area contributed by atoms with Gasteiger partial charge >= 0.3 is 0 Å². The van der Waals surface area contributed by atoms with Gasteiger partial charge in [-0.25, -0.2) is 0 Å². The van der Waals surface area contributed by atoms with Crippen LogP contribution >= 0.6 is 35.6 Å². The second-order valence-corrected chi connectivity index (χ2v) is 8.52. The molecule has 1 aromatic carbocycles. The molecule has 0 radical (unpaired) electrons. The van der Waals surface area contributed by atoms with E-state index >= 15 is 0 Å². The largest absolute Gasteiger partial charge is 0.379 e. The quantitative estimate of drug-likeness (QED) is 0.269. The van der Waals surface area contributed by atoms with Gasteiger partial charge in [-0.15, -0.1) is 24.0 Å². The Morgan fingerprint density at radius 3 is 2.56 bits per heavy atom. The number of rotatable bonds is 9. The lowest BCUT2D eigenvalue weighted by Gasteiger charge is -2.35. The van der Waals surface area contributed by atoms with E-state index in [-0.39, 0.29) is 24.0 Å². The van der Waals surface area contributed by atoms with Crippen molar-refractivity contribution in [2.75, 3.05) is 46.4 Å². The van der Waals surface area contributed by atoms with Gasteiger partial charge in [-0.1, -0.05) is 30.6 Å². The zero-order valence-electron chi connectivity index (χ0n) is 19.0. The molecule has 0 spiro atoms.